The van der Waals surface area contributed by atoms with Gasteiger partial charge in [-0.15, -0.1) is 0 Å². The summed E-state index contributed by atoms with van der Waals surface area (Å²) in [4.78, 5) is 15.3. The van der Waals surface area contributed by atoms with Crippen molar-refractivity contribution < 1.29 is 22.3 Å². The van der Waals surface area contributed by atoms with Gasteiger partial charge in [-0.3, -0.25) is 4.98 Å². The van der Waals surface area contributed by atoms with Crippen LogP contribution in [0.5, 0.6) is 0 Å². The molecule has 1 aliphatic rings. The zero-order chi connectivity index (χ0) is 16.6. The fraction of sp³-hybridized carbons (Fsp3) is 0.0667. The third-order valence-electron chi connectivity index (χ3n) is 3.39. The number of nitrogens with zero attached hydrogens (tertiary/aromatic N) is 1. The molecule has 0 radical (unpaired) electrons. The van der Waals surface area contributed by atoms with Gasteiger partial charge in [0.2, 0.25) is 10.0 Å². The molecule has 0 unspecified atom stereocenters. The standard InChI is InChI=1S/C15H11FN2O4S/c16-12-6-9(3-4-13(12)23(17,20)21)11-8-22-15(19)14(11)10-2-1-5-18-7-10/h1-7H,8H2,(H2,17,20,21). The van der Waals surface area contributed by atoms with E-state index >= 15 is 0 Å². The van der Waals surface area contributed by atoms with Crippen LogP contribution in [0.25, 0.3) is 11.1 Å². The Bertz CT molecular complexity index is 924. The summed E-state index contributed by atoms with van der Waals surface area (Å²) >= 11 is 0. The van der Waals surface area contributed by atoms with Crippen molar-refractivity contribution in [3.8, 4) is 0 Å². The highest BCUT2D eigenvalue weighted by Crippen LogP contribution is 2.33. The van der Waals surface area contributed by atoms with Gasteiger partial charge in [0, 0.05) is 23.5 Å². The first-order valence-corrected chi connectivity index (χ1v) is 8.06. The minimum atomic E-state index is -4.15. The topological polar surface area (TPSA) is 99.4 Å². The monoisotopic (exact) mass is 334 g/mol. The third-order valence-corrected chi connectivity index (χ3v) is 4.33. The second-order valence-corrected chi connectivity index (χ2v) is 6.39. The number of benzene rings is 1. The minimum absolute atomic E-state index is 0.0305. The van der Waals surface area contributed by atoms with Gasteiger partial charge in [0.25, 0.3) is 0 Å². The van der Waals surface area contributed by atoms with Crippen LogP contribution in [0.2, 0.25) is 0 Å². The summed E-state index contributed by atoms with van der Waals surface area (Å²) in [7, 11) is -4.15. The Morgan fingerprint density at radius 1 is 1.22 bits per heavy atom. The van der Waals surface area contributed by atoms with E-state index in [2.05, 4.69) is 4.98 Å². The average molecular weight is 334 g/mol. The number of esters is 1. The van der Waals surface area contributed by atoms with E-state index in [1.165, 1.54) is 12.3 Å². The molecule has 0 saturated heterocycles. The van der Waals surface area contributed by atoms with Gasteiger partial charge in [-0.1, -0.05) is 12.1 Å². The molecule has 1 aliphatic heterocycles. The molecule has 0 atom stereocenters. The van der Waals surface area contributed by atoms with Crippen molar-refractivity contribution in [1.29, 1.82) is 0 Å². The maximum absolute atomic E-state index is 14.0. The summed E-state index contributed by atoms with van der Waals surface area (Å²) in [5.74, 6) is -1.52. The van der Waals surface area contributed by atoms with Gasteiger partial charge in [0.1, 0.15) is 17.3 Å². The second kappa shape index (κ2) is 5.56. The predicted octanol–water partition coefficient (Wildman–Crippen LogP) is 1.34. The predicted molar refractivity (Wildman–Crippen MR) is 79.8 cm³/mol. The summed E-state index contributed by atoms with van der Waals surface area (Å²) in [5, 5.41) is 4.93. The minimum Gasteiger partial charge on any atom is -0.457 e. The number of cyclic esters (lactones) is 1. The Morgan fingerprint density at radius 2 is 2.00 bits per heavy atom. The van der Waals surface area contributed by atoms with Crippen molar-refractivity contribution >= 4 is 27.1 Å². The summed E-state index contributed by atoms with van der Waals surface area (Å²) < 4.78 is 41.6. The Hall–Kier alpha value is -2.58. The van der Waals surface area contributed by atoms with Crippen molar-refractivity contribution in [2.75, 3.05) is 6.61 Å². The molecule has 0 amide bonds. The number of aromatic nitrogens is 1. The molecule has 8 heteroatoms. The number of carbonyl (C=O) groups is 1. The van der Waals surface area contributed by atoms with Gasteiger partial charge >= 0.3 is 5.97 Å². The zero-order valence-corrected chi connectivity index (χ0v) is 12.5. The summed E-state index contributed by atoms with van der Waals surface area (Å²) in [6.45, 7) is -0.0305. The molecule has 23 heavy (non-hydrogen) atoms. The number of sulfonamides is 1. The summed E-state index contributed by atoms with van der Waals surface area (Å²) in [6, 6.07) is 6.82. The molecule has 0 spiro atoms. The number of pyridine rings is 1. The fourth-order valence-corrected chi connectivity index (χ4v) is 2.94. The van der Waals surface area contributed by atoms with Crippen LogP contribution in [0.4, 0.5) is 4.39 Å². The van der Waals surface area contributed by atoms with Crippen molar-refractivity contribution in [3.05, 3.63) is 59.7 Å². The quantitative estimate of drug-likeness (QED) is 0.854. The highest BCUT2D eigenvalue weighted by Gasteiger charge is 2.28. The molecule has 1 aromatic heterocycles. The number of carbonyl (C=O) groups excluding carboxylic acids is 1. The van der Waals surface area contributed by atoms with Gasteiger partial charge < -0.3 is 4.74 Å². The second-order valence-electron chi connectivity index (χ2n) is 4.86. The van der Waals surface area contributed by atoms with Crippen molar-refractivity contribution in [1.82, 2.24) is 4.98 Å². The number of nitrogens with two attached hydrogens (primary N) is 1. The van der Waals surface area contributed by atoms with Crippen LogP contribution < -0.4 is 5.14 Å². The van der Waals surface area contributed by atoms with Gasteiger partial charge in [-0.05, 0) is 23.8 Å². The van der Waals surface area contributed by atoms with Gasteiger partial charge in [-0.25, -0.2) is 22.7 Å². The largest absolute Gasteiger partial charge is 0.457 e. The van der Waals surface area contributed by atoms with E-state index in [4.69, 9.17) is 9.88 Å². The Kier molecular flexibility index (Phi) is 3.70. The molecule has 0 bridgehead atoms. The van der Waals surface area contributed by atoms with Gasteiger partial charge in [0.15, 0.2) is 0 Å². The maximum atomic E-state index is 14.0. The SMILES string of the molecule is NS(=O)(=O)c1ccc(C2=C(c3cccnc3)C(=O)OC2)cc1F. The lowest BCUT2D eigenvalue weighted by Gasteiger charge is -2.06. The molecule has 0 aliphatic carbocycles. The Balaban J connectivity index is 2.15. The van der Waals surface area contributed by atoms with Crippen molar-refractivity contribution in [3.63, 3.8) is 0 Å². The van der Waals surface area contributed by atoms with Crippen LogP contribution in [0, 0.1) is 5.82 Å². The molecule has 0 fully saturated rings. The first-order valence-electron chi connectivity index (χ1n) is 6.51. The molecule has 2 heterocycles. The number of rotatable bonds is 3. The first-order chi connectivity index (χ1) is 10.9. The van der Waals surface area contributed by atoms with Crippen LogP contribution in [0.15, 0.2) is 47.6 Å². The van der Waals surface area contributed by atoms with E-state index < -0.39 is 26.7 Å². The van der Waals surface area contributed by atoms with E-state index in [0.29, 0.717) is 16.7 Å². The van der Waals surface area contributed by atoms with Gasteiger partial charge in [-0.2, -0.15) is 0 Å². The third kappa shape index (κ3) is 2.86. The normalized spacial score (nSPS) is 15.0. The Labute approximate surface area is 131 Å². The molecule has 3 rings (SSSR count). The molecule has 6 nitrogen and oxygen atoms in total. The number of ether oxygens (including phenoxy) is 1. The van der Waals surface area contributed by atoms with E-state index in [1.54, 1.807) is 18.3 Å². The molecular weight excluding hydrogens is 323 g/mol. The molecule has 118 valence electrons. The van der Waals surface area contributed by atoms with E-state index in [0.717, 1.165) is 12.1 Å². The highest BCUT2D eigenvalue weighted by atomic mass is 32.2. The van der Waals surface area contributed by atoms with Crippen LogP contribution in [-0.2, 0) is 19.6 Å². The highest BCUT2D eigenvalue weighted by molar-refractivity contribution is 7.89. The zero-order valence-electron chi connectivity index (χ0n) is 11.7. The van der Waals surface area contributed by atoms with Crippen LogP contribution >= 0.6 is 0 Å². The molecule has 2 N–H and O–H groups in total. The molecule has 0 saturated carbocycles. The average Bonchev–Trinajstić information content (AvgIpc) is 2.88. The van der Waals surface area contributed by atoms with Crippen LogP contribution in [-0.4, -0.2) is 26.0 Å². The number of hydrogen-bond donors (Lipinski definition) is 1. The van der Waals surface area contributed by atoms with Crippen LogP contribution in [0.3, 0.4) is 0 Å². The van der Waals surface area contributed by atoms with Gasteiger partial charge in [0.05, 0.1) is 5.57 Å². The molecule has 2 aromatic rings. The maximum Gasteiger partial charge on any atom is 0.339 e. The summed E-state index contributed by atoms with van der Waals surface area (Å²) in [5.41, 5.74) is 1.63. The number of halogens is 1. The van der Waals surface area contributed by atoms with Crippen LogP contribution in [0.1, 0.15) is 11.1 Å². The van der Waals surface area contributed by atoms with Crippen molar-refractivity contribution in [2.24, 2.45) is 5.14 Å². The lowest BCUT2D eigenvalue weighted by atomic mass is 9.98. The summed E-state index contributed by atoms with van der Waals surface area (Å²) in [6.07, 6.45) is 3.06. The lowest BCUT2D eigenvalue weighted by molar-refractivity contribution is -0.133. The smallest absolute Gasteiger partial charge is 0.339 e. The first kappa shape index (κ1) is 15.3. The van der Waals surface area contributed by atoms with E-state index in [1.807, 2.05) is 0 Å². The number of hydrogen-bond acceptors (Lipinski definition) is 5. The lowest BCUT2D eigenvalue weighted by Crippen LogP contribution is -2.14. The van der Waals surface area contributed by atoms with Crippen molar-refractivity contribution in [2.45, 2.75) is 4.90 Å². The fourth-order valence-electron chi connectivity index (χ4n) is 2.35. The van der Waals surface area contributed by atoms with E-state index in [-0.39, 0.29) is 12.2 Å². The number of primary sulfonamides is 1. The molecule has 1 aromatic carbocycles. The molecular formula is C15H11FN2O4S. The van der Waals surface area contributed by atoms with E-state index in [9.17, 15) is 17.6 Å². The Morgan fingerprint density at radius 3 is 2.61 bits per heavy atom.